The van der Waals surface area contributed by atoms with Gasteiger partial charge in [-0.25, -0.2) is 0 Å². The van der Waals surface area contributed by atoms with Crippen LogP contribution in [0.15, 0.2) is 40.8 Å². The van der Waals surface area contributed by atoms with Gasteiger partial charge in [0.15, 0.2) is 11.2 Å². The number of fused-ring (bicyclic) bond motifs is 3. The minimum absolute atomic E-state index is 0.489. The van der Waals surface area contributed by atoms with Gasteiger partial charge in [-0.3, -0.25) is 0 Å². The third-order valence-corrected chi connectivity index (χ3v) is 2.77. The lowest BCUT2D eigenvalue weighted by Gasteiger charge is -1.90. The summed E-state index contributed by atoms with van der Waals surface area (Å²) >= 11 is 0. The monoisotopic (exact) mass is 218 g/mol. The van der Waals surface area contributed by atoms with Crippen molar-refractivity contribution >= 4 is 21.9 Å². The van der Waals surface area contributed by atoms with Crippen LogP contribution in [0.25, 0.3) is 21.9 Å². The molecule has 0 N–H and O–H groups in total. The largest absolute Gasteiger partial charge is 0.453 e. The molecule has 1 aromatic heterocycles. The fraction of sp³-hybridized carbons (Fsp3) is 0. The highest BCUT2D eigenvalue weighted by molar-refractivity contribution is 6.07. The van der Waals surface area contributed by atoms with Crippen molar-refractivity contribution in [3.63, 3.8) is 0 Å². The Morgan fingerprint density at radius 3 is 1.65 bits per heavy atom. The SMILES string of the molecule is N#Cc1cccc2c1oc1c(C#N)cccc12. The van der Waals surface area contributed by atoms with Gasteiger partial charge in [0, 0.05) is 10.8 Å². The van der Waals surface area contributed by atoms with Gasteiger partial charge < -0.3 is 4.42 Å². The lowest BCUT2D eigenvalue weighted by Crippen LogP contribution is -1.73. The minimum atomic E-state index is 0.489. The molecule has 1 heterocycles. The Labute approximate surface area is 97.1 Å². The number of benzene rings is 2. The Morgan fingerprint density at radius 2 is 1.24 bits per heavy atom. The van der Waals surface area contributed by atoms with E-state index in [0.717, 1.165) is 10.8 Å². The second-order valence-electron chi connectivity index (χ2n) is 3.69. The Bertz CT molecular complexity index is 747. The first-order chi connectivity index (χ1) is 8.35. The van der Waals surface area contributed by atoms with Crippen LogP contribution in [-0.4, -0.2) is 0 Å². The summed E-state index contributed by atoms with van der Waals surface area (Å²) in [6.07, 6.45) is 0. The molecule has 0 unspecified atom stereocenters. The van der Waals surface area contributed by atoms with Crippen LogP contribution in [0.3, 0.4) is 0 Å². The van der Waals surface area contributed by atoms with Gasteiger partial charge >= 0.3 is 0 Å². The van der Waals surface area contributed by atoms with Crippen LogP contribution in [0.1, 0.15) is 11.1 Å². The molecule has 0 spiro atoms. The molecule has 0 atom stereocenters. The Kier molecular flexibility index (Phi) is 1.87. The van der Waals surface area contributed by atoms with Crippen molar-refractivity contribution in [3.05, 3.63) is 47.5 Å². The Morgan fingerprint density at radius 1 is 0.765 bits per heavy atom. The summed E-state index contributed by atoms with van der Waals surface area (Å²) in [7, 11) is 0. The molecule has 3 rings (SSSR count). The van der Waals surface area contributed by atoms with Crippen LogP contribution in [0.5, 0.6) is 0 Å². The normalized spacial score (nSPS) is 10.2. The van der Waals surface area contributed by atoms with Gasteiger partial charge in [0.05, 0.1) is 11.1 Å². The molecule has 2 aromatic carbocycles. The van der Waals surface area contributed by atoms with Crippen LogP contribution in [0, 0.1) is 22.7 Å². The molecule has 0 radical (unpaired) electrons. The first-order valence-corrected chi connectivity index (χ1v) is 5.09. The standard InChI is InChI=1S/C14H6N2O/c15-7-9-3-1-5-11-12-6-2-4-10(8-16)14(12)17-13(9)11/h1-6H. The maximum atomic E-state index is 9.01. The first kappa shape index (κ1) is 9.45. The molecule has 17 heavy (non-hydrogen) atoms. The number of hydrogen-bond donors (Lipinski definition) is 0. The van der Waals surface area contributed by atoms with Crippen molar-refractivity contribution in [2.75, 3.05) is 0 Å². The van der Waals surface area contributed by atoms with Crippen LogP contribution in [-0.2, 0) is 0 Å². The zero-order valence-electron chi connectivity index (χ0n) is 8.77. The molecule has 0 saturated heterocycles. The van der Waals surface area contributed by atoms with Crippen molar-refractivity contribution in [3.8, 4) is 12.1 Å². The summed E-state index contributed by atoms with van der Waals surface area (Å²) in [5.74, 6) is 0. The third-order valence-electron chi connectivity index (χ3n) is 2.77. The molecule has 0 bridgehead atoms. The molecular weight excluding hydrogens is 212 g/mol. The van der Waals surface area contributed by atoms with E-state index >= 15 is 0 Å². The van der Waals surface area contributed by atoms with Gasteiger partial charge in [-0.2, -0.15) is 10.5 Å². The number of para-hydroxylation sites is 2. The second kappa shape index (κ2) is 3.37. The quantitative estimate of drug-likeness (QED) is 0.581. The fourth-order valence-corrected chi connectivity index (χ4v) is 2.00. The molecule has 3 heteroatoms. The molecule has 3 nitrogen and oxygen atoms in total. The predicted molar refractivity (Wildman–Crippen MR) is 63.2 cm³/mol. The van der Waals surface area contributed by atoms with Crippen molar-refractivity contribution in [2.45, 2.75) is 0 Å². The zero-order chi connectivity index (χ0) is 11.8. The van der Waals surface area contributed by atoms with Crippen LogP contribution >= 0.6 is 0 Å². The lowest BCUT2D eigenvalue weighted by atomic mass is 10.1. The predicted octanol–water partition coefficient (Wildman–Crippen LogP) is 3.33. The zero-order valence-corrected chi connectivity index (χ0v) is 8.77. The van der Waals surface area contributed by atoms with E-state index in [1.165, 1.54) is 0 Å². The molecule has 0 aliphatic carbocycles. The van der Waals surface area contributed by atoms with Crippen LogP contribution < -0.4 is 0 Å². The summed E-state index contributed by atoms with van der Waals surface area (Å²) in [4.78, 5) is 0. The fourth-order valence-electron chi connectivity index (χ4n) is 2.00. The van der Waals surface area contributed by atoms with Crippen molar-refractivity contribution in [1.29, 1.82) is 10.5 Å². The van der Waals surface area contributed by atoms with E-state index in [-0.39, 0.29) is 0 Å². The molecule has 0 fully saturated rings. The highest BCUT2D eigenvalue weighted by Gasteiger charge is 2.12. The maximum absolute atomic E-state index is 9.01. The van der Waals surface area contributed by atoms with Gasteiger partial charge in [-0.15, -0.1) is 0 Å². The number of furan rings is 1. The van der Waals surface area contributed by atoms with E-state index in [1.807, 2.05) is 24.3 Å². The highest BCUT2D eigenvalue weighted by atomic mass is 16.3. The number of nitriles is 2. The van der Waals surface area contributed by atoms with E-state index in [2.05, 4.69) is 12.1 Å². The van der Waals surface area contributed by atoms with Gasteiger partial charge in [0.2, 0.25) is 0 Å². The molecule has 0 aliphatic heterocycles. The smallest absolute Gasteiger partial charge is 0.153 e. The van der Waals surface area contributed by atoms with Crippen molar-refractivity contribution in [2.24, 2.45) is 0 Å². The van der Waals surface area contributed by atoms with Gasteiger partial charge in [-0.05, 0) is 12.1 Å². The van der Waals surface area contributed by atoms with E-state index < -0.39 is 0 Å². The molecular formula is C14H6N2O. The first-order valence-electron chi connectivity index (χ1n) is 5.09. The van der Waals surface area contributed by atoms with E-state index in [1.54, 1.807) is 12.1 Å². The molecule has 0 amide bonds. The highest BCUT2D eigenvalue weighted by Crippen LogP contribution is 2.32. The van der Waals surface area contributed by atoms with Gasteiger partial charge in [0.25, 0.3) is 0 Å². The molecule has 78 valence electrons. The number of hydrogen-bond acceptors (Lipinski definition) is 3. The molecule has 0 saturated carbocycles. The van der Waals surface area contributed by atoms with Crippen molar-refractivity contribution in [1.82, 2.24) is 0 Å². The van der Waals surface area contributed by atoms with Gasteiger partial charge in [-0.1, -0.05) is 24.3 Å². The average Bonchev–Trinajstić information content (AvgIpc) is 2.77. The number of nitrogens with zero attached hydrogens (tertiary/aromatic N) is 2. The molecule has 3 aromatic rings. The number of rotatable bonds is 0. The van der Waals surface area contributed by atoms with E-state index in [9.17, 15) is 0 Å². The summed E-state index contributed by atoms with van der Waals surface area (Å²) in [5.41, 5.74) is 2.07. The van der Waals surface area contributed by atoms with E-state index in [0.29, 0.717) is 22.3 Å². The van der Waals surface area contributed by atoms with Gasteiger partial charge in [0.1, 0.15) is 12.1 Å². The lowest BCUT2D eigenvalue weighted by molar-refractivity contribution is 0.666. The maximum Gasteiger partial charge on any atom is 0.153 e. The summed E-state index contributed by atoms with van der Waals surface area (Å²) in [6, 6.07) is 15.0. The second-order valence-corrected chi connectivity index (χ2v) is 3.69. The topological polar surface area (TPSA) is 60.7 Å². The summed E-state index contributed by atoms with van der Waals surface area (Å²) < 4.78 is 5.65. The Hall–Kier alpha value is -2.78. The van der Waals surface area contributed by atoms with Crippen LogP contribution in [0.4, 0.5) is 0 Å². The van der Waals surface area contributed by atoms with Crippen LogP contribution in [0.2, 0.25) is 0 Å². The summed E-state index contributed by atoms with van der Waals surface area (Å²) in [6.45, 7) is 0. The van der Waals surface area contributed by atoms with Crippen molar-refractivity contribution < 1.29 is 4.42 Å². The third kappa shape index (κ3) is 1.20. The Balaban J connectivity index is 2.60. The average molecular weight is 218 g/mol. The summed E-state index contributed by atoms with van der Waals surface area (Å²) in [5, 5.41) is 19.8. The molecule has 0 aliphatic rings. The minimum Gasteiger partial charge on any atom is -0.453 e. The van der Waals surface area contributed by atoms with E-state index in [4.69, 9.17) is 14.9 Å².